The van der Waals surface area contributed by atoms with Crippen LogP contribution in [0.3, 0.4) is 0 Å². The Morgan fingerprint density at radius 1 is 1.23 bits per heavy atom. The van der Waals surface area contributed by atoms with Gasteiger partial charge in [-0.15, -0.1) is 0 Å². The summed E-state index contributed by atoms with van der Waals surface area (Å²) in [6, 6.07) is 7.30. The summed E-state index contributed by atoms with van der Waals surface area (Å²) in [6.45, 7) is 6.05. The molecule has 5 rings (SSSR count). The van der Waals surface area contributed by atoms with Gasteiger partial charge in [-0.1, -0.05) is 20.8 Å². The van der Waals surface area contributed by atoms with Gasteiger partial charge in [0.1, 0.15) is 12.1 Å². The first kappa shape index (κ1) is 18.6. The number of hydrogen-bond acceptors (Lipinski definition) is 5. The first-order valence-corrected chi connectivity index (χ1v) is 9.99. The summed E-state index contributed by atoms with van der Waals surface area (Å²) in [4.78, 5) is 48.5. The zero-order valence-electron chi connectivity index (χ0n) is 17.0. The maximum Gasteiger partial charge on any atom is 0.332 e. The summed E-state index contributed by atoms with van der Waals surface area (Å²) in [5, 5.41) is 9.95. The number of rotatable bonds is 1. The third-order valence-corrected chi connectivity index (χ3v) is 6.27. The first-order valence-electron chi connectivity index (χ1n) is 9.99. The number of hydrogen-bond donors (Lipinski definition) is 0. The van der Waals surface area contributed by atoms with Gasteiger partial charge in [0.05, 0.1) is 28.9 Å². The Bertz CT molecular complexity index is 1160. The molecule has 0 radical (unpaired) electrons. The lowest BCUT2D eigenvalue weighted by atomic mass is 9.93. The van der Waals surface area contributed by atoms with Crippen molar-refractivity contribution in [1.29, 1.82) is 5.26 Å². The van der Waals surface area contributed by atoms with E-state index in [4.69, 9.17) is 0 Å². The highest BCUT2D eigenvalue weighted by Gasteiger charge is 2.63. The zero-order chi connectivity index (χ0) is 21.4. The minimum absolute atomic E-state index is 0.00127. The van der Waals surface area contributed by atoms with Crippen LogP contribution in [0.25, 0.3) is 10.9 Å². The van der Waals surface area contributed by atoms with Crippen molar-refractivity contribution in [3.63, 3.8) is 0 Å². The van der Waals surface area contributed by atoms with Crippen LogP contribution < -0.4 is 4.90 Å². The van der Waals surface area contributed by atoms with E-state index in [9.17, 15) is 19.6 Å². The van der Waals surface area contributed by atoms with Crippen LogP contribution in [0.1, 0.15) is 32.8 Å². The number of nitriles is 1. The molecule has 0 N–H and O–H groups in total. The summed E-state index contributed by atoms with van der Waals surface area (Å²) < 4.78 is 0. The van der Waals surface area contributed by atoms with Crippen LogP contribution in [0.4, 0.5) is 10.5 Å². The lowest BCUT2D eigenvalue weighted by Gasteiger charge is -2.37. The number of piperazine rings is 1. The molecule has 0 saturated carbocycles. The van der Waals surface area contributed by atoms with Crippen LogP contribution in [-0.2, 0) is 9.59 Å². The second kappa shape index (κ2) is 6.02. The number of pyridine rings is 1. The lowest BCUT2D eigenvalue weighted by molar-refractivity contribution is -0.143. The molecule has 3 fully saturated rings. The SMILES string of the molecule is CC(C)(C)C(=O)N1CC2CC1[C@H]1C(=O)N(c3ccc(C#N)c4ncccc34)C(=O)N21. The molecule has 152 valence electrons. The van der Waals surface area contributed by atoms with Gasteiger partial charge in [-0.05, 0) is 30.7 Å². The van der Waals surface area contributed by atoms with Crippen LogP contribution in [0.5, 0.6) is 0 Å². The Balaban J connectivity index is 1.56. The maximum atomic E-state index is 13.4. The van der Waals surface area contributed by atoms with Crippen molar-refractivity contribution in [2.24, 2.45) is 5.41 Å². The minimum atomic E-state index is -0.662. The largest absolute Gasteiger partial charge is 0.334 e. The molecule has 8 heteroatoms. The monoisotopic (exact) mass is 403 g/mol. The number of likely N-dealkylation sites (tertiary alicyclic amines) is 1. The average molecular weight is 403 g/mol. The van der Waals surface area contributed by atoms with Gasteiger partial charge < -0.3 is 9.80 Å². The number of urea groups is 1. The van der Waals surface area contributed by atoms with Gasteiger partial charge in [-0.25, -0.2) is 9.69 Å². The summed E-state index contributed by atoms with van der Waals surface area (Å²) in [5.74, 6) is -0.324. The molecule has 3 saturated heterocycles. The number of carbonyl (C=O) groups is 3. The van der Waals surface area contributed by atoms with E-state index in [1.165, 1.54) is 4.90 Å². The number of nitrogens with zero attached hydrogens (tertiary/aromatic N) is 5. The number of fused-ring (bicyclic) bond motifs is 6. The Hall–Kier alpha value is -3.47. The van der Waals surface area contributed by atoms with Crippen molar-refractivity contribution in [2.75, 3.05) is 11.4 Å². The number of amides is 4. The summed E-state index contributed by atoms with van der Waals surface area (Å²) >= 11 is 0. The molecule has 2 aromatic rings. The lowest BCUT2D eigenvalue weighted by Crippen LogP contribution is -2.56. The second-order valence-corrected chi connectivity index (χ2v) is 9.12. The van der Waals surface area contributed by atoms with Gasteiger partial charge >= 0.3 is 6.03 Å². The van der Waals surface area contributed by atoms with E-state index in [1.807, 2.05) is 20.8 Å². The highest BCUT2D eigenvalue weighted by Crippen LogP contribution is 2.44. The molecule has 0 spiro atoms. The molecule has 2 bridgehead atoms. The van der Waals surface area contributed by atoms with Gasteiger partial charge in [0.2, 0.25) is 5.91 Å². The van der Waals surface area contributed by atoms with Crippen molar-refractivity contribution in [3.05, 3.63) is 36.0 Å². The van der Waals surface area contributed by atoms with Gasteiger partial charge in [-0.3, -0.25) is 14.6 Å². The molecule has 8 nitrogen and oxygen atoms in total. The fourth-order valence-corrected chi connectivity index (χ4v) is 4.99. The van der Waals surface area contributed by atoms with E-state index >= 15 is 0 Å². The Labute approximate surface area is 173 Å². The quantitative estimate of drug-likeness (QED) is 0.681. The molecule has 3 aliphatic rings. The summed E-state index contributed by atoms with van der Waals surface area (Å²) in [5.41, 5.74) is 0.721. The fraction of sp³-hybridized carbons (Fsp3) is 0.409. The van der Waals surface area contributed by atoms with Crippen molar-refractivity contribution in [2.45, 2.75) is 45.3 Å². The third-order valence-electron chi connectivity index (χ3n) is 6.27. The molecule has 3 aliphatic heterocycles. The Morgan fingerprint density at radius 3 is 2.70 bits per heavy atom. The number of imide groups is 1. The number of carbonyl (C=O) groups excluding carboxylic acids is 3. The average Bonchev–Trinajstić information content (AvgIpc) is 3.37. The van der Waals surface area contributed by atoms with Crippen LogP contribution >= 0.6 is 0 Å². The maximum absolute atomic E-state index is 13.4. The zero-order valence-corrected chi connectivity index (χ0v) is 17.0. The second-order valence-electron chi connectivity index (χ2n) is 9.12. The van der Waals surface area contributed by atoms with Crippen molar-refractivity contribution in [1.82, 2.24) is 14.8 Å². The van der Waals surface area contributed by atoms with E-state index in [0.717, 1.165) is 0 Å². The Morgan fingerprint density at radius 2 is 2.00 bits per heavy atom. The Kier molecular flexibility index (Phi) is 3.72. The summed E-state index contributed by atoms with van der Waals surface area (Å²) in [6.07, 6.45) is 2.21. The third kappa shape index (κ3) is 2.32. The van der Waals surface area contributed by atoms with Crippen LogP contribution in [0.15, 0.2) is 30.5 Å². The molecular weight excluding hydrogens is 382 g/mol. The molecule has 4 heterocycles. The topological polar surface area (TPSA) is 97.6 Å². The number of aromatic nitrogens is 1. The fourth-order valence-electron chi connectivity index (χ4n) is 4.99. The van der Waals surface area contributed by atoms with Crippen LogP contribution in [-0.4, -0.2) is 57.3 Å². The van der Waals surface area contributed by atoms with Gasteiger partial charge in [-0.2, -0.15) is 5.26 Å². The molecule has 1 aromatic heterocycles. The molecule has 2 unspecified atom stereocenters. The predicted octanol–water partition coefficient (Wildman–Crippen LogP) is 2.27. The van der Waals surface area contributed by atoms with E-state index in [1.54, 1.807) is 40.3 Å². The van der Waals surface area contributed by atoms with E-state index in [2.05, 4.69) is 11.1 Å². The predicted molar refractivity (Wildman–Crippen MR) is 108 cm³/mol. The van der Waals surface area contributed by atoms with Crippen LogP contribution in [0.2, 0.25) is 0 Å². The molecule has 0 aliphatic carbocycles. The highest BCUT2D eigenvalue weighted by molar-refractivity contribution is 6.25. The number of benzene rings is 1. The van der Waals surface area contributed by atoms with Crippen molar-refractivity contribution in [3.8, 4) is 6.07 Å². The molecule has 4 amide bonds. The van der Waals surface area contributed by atoms with Crippen molar-refractivity contribution >= 4 is 34.4 Å². The van der Waals surface area contributed by atoms with E-state index in [0.29, 0.717) is 35.1 Å². The normalized spacial score (nSPS) is 25.3. The minimum Gasteiger partial charge on any atom is -0.334 e. The standard InChI is InChI=1S/C22H21N5O3/c1-22(2,3)20(29)25-11-13-9-16(25)18-19(28)27(21(30)26(13)18)15-7-6-12(10-23)17-14(15)5-4-8-24-17/h4-8,13,16,18H,9,11H2,1-3H3/t13?,16?,18-/m0/s1. The first-order chi connectivity index (χ1) is 14.2. The van der Waals surface area contributed by atoms with Gasteiger partial charge in [0, 0.05) is 23.5 Å². The van der Waals surface area contributed by atoms with E-state index in [-0.39, 0.29) is 29.9 Å². The highest BCUT2D eigenvalue weighted by atomic mass is 16.2. The molecular formula is C22H21N5O3. The summed E-state index contributed by atoms with van der Waals surface area (Å²) in [7, 11) is 0. The van der Waals surface area contributed by atoms with Crippen LogP contribution in [0, 0.1) is 16.7 Å². The van der Waals surface area contributed by atoms with Gasteiger partial charge in [0.25, 0.3) is 5.91 Å². The molecule has 30 heavy (non-hydrogen) atoms. The smallest absolute Gasteiger partial charge is 0.332 e. The van der Waals surface area contributed by atoms with Gasteiger partial charge in [0.15, 0.2) is 0 Å². The number of anilines is 1. The molecule has 3 atom stereocenters. The van der Waals surface area contributed by atoms with Crippen molar-refractivity contribution < 1.29 is 14.4 Å². The van der Waals surface area contributed by atoms with E-state index < -0.39 is 11.5 Å². The molecule has 1 aromatic carbocycles.